The van der Waals surface area contributed by atoms with E-state index in [9.17, 15) is 4.79 Å². The van der Waals surface area contributed by atoms with Crippen molar-refractivity contribution in [3.8, 4) is 0 Å². The molecule has 1 aromatic heterocycles. The smallest absolute Gasteiger partial charge is 0.257 e. The van der Waals surface area contributed by atoms with Gasteiger partial charge in [0.15, 0.2) is 5.82 Å². The minimum absolute atomic E-state index is 0.147. The summed E-state index contributed by atoms with van der Waals surface area (Å²) in [5.74, 6) is 0.0737. The number of carbonyl (C=O) groups excluding carboxylic acids is 1. The quantitative estimate of drug-likeness (QED) is 0.771. The van der Waals surface area contributed by atoms with Crippen LogP contribution in [0.1, 0.15) is 57.1 Å². The molecule has 0 aromatic carbocycles. The van der Waals surface area contributed by atoms with E-state index in [0.717, 1.165) is 6.42 Å². The maximum Gasteiger partial charge on any atom is 0.257 e. The van der Waals surface area contributed by atoms with E-state index in [-0.39, 0.29) is 22.7 Å². The van der Waals surface area contributed by atoms with Crippen molar-refractivity contribution in [1.29, 1.82) is 0 Å². The molecule has 1 heterocycles. The number of nitrogens with two attached hydrogens (primary N) is 1. The van der Waals surface area contributed by atoms with Crippen LogP contribution in [0.5, 0.6) is 0 Å². The van der Waals surface area contributed by atoms with Crippen molar-refractivity contribution in [3.63, 3.8) is 0 Å². The Labute approximate surface area is 109 Å². The summed E-state index contributed by atoms with van der Waals surface area (Å²) in [6.45, 7) is 12.3. The predicted molar refractivity (Wildman–Crippen MR) is 73.4 cm³/mol. The zero-order valence-corrected chi connectivity index (χ0v) is 12.1. The first-order valence-corrected chi connectivity index (χ1v) is 6.15. The van der Waals surface area contributed by atoms with E-state index in [2.05, 4.69) is 36.3 Å². The summed E-state index contributed by atoms with van der Waals surface area (Å²) in [5, 5.41) is 9.57. The van der Waals surface area contributed by atoms with E-state index in [1.54, 1.807) is 6.92 Å². The highest BCUT2D eigenvalue weighted by molar-refractivity contribution is 5.99. The van der Waals surface area contributed by atoms with Gasteiger partial charge in [-0.1, -0.05) is 20.8 Å². The summed E-state index contributed by atoms with van der Waals surface area (Å²) in [4.78, 5) is 12.2. The lowest BCUT2D eigenvalue weighted by molar-refractivity contribution is 0.0892. The van der Waals surface area contributed by atoms with E-state index in [0.29, 0.717) is 11.3 Å². The lowest BCUT2D eigenvalue weighted by Crippen LogP contribution is -2.46. The molecule has 0 aliphatic heterocycles. The number of aromatic nitrogens is 2. The van der Waals surface area contributed by atoms with E-state index < -0.39 is 0 Å². The minimum Gasteiger partial charge on any atom is -0.382 e. The highest BCUT2D eigenvalue weighted by atomic mass is 16.1. The molecule has 0 spiro atoms. The SMILES string of the molecule is Cc1[nH]nc(N)c1C(=O)NC(C)(C)CC(C)(C)C. The van der Waals surface area contributed by atoms with Crippen LogP contribution in [0.4, 0.5) is 5.82 Å². The first-order valence-electron chi connectivity index (χ1n) is 6.15. The van der Waals surface area contributed by atoms with E-state index >= 15 is 0 Å². The Bertz CT molecular complexity index is 421. The van der Waals surface area contributed by atoms with Gasteiger partial charge in [-0.3, -0.25) is 9.89 Å². The monoisotopic (exact) mass is 252 g/mol. The molecule has 1 aromatic rings. The molecule has 5 nitrogen and oxygen atoms in total. The van der Waals surface area contributed by atoms with Crippen molar-refractivity contribution in [2.75, 3.05) is 5.73 Å². The summed E-state index contributed by atoms with van der Waals surface area (Å²) in [6, 6.07) is 0. The van der Waals surface area contributed by atoms with Crippen LogP contribution in [0.3, 0.4) is 0 Å². The van der Waals surface area contributed by atoms with Crippen molar-refractivity contribution in [2.45, 2.75) is 53.5 Å². The fraction of sp³-hybridized carbons (Fsp3) is 0.692. The number of amides is 1. The second kappa shape index (κ2) is 4.63. The van der Waals surface area contributed by atoms with Crippen LogP contribution in [0.2, 0.25) is 0 Å². The van der Waals surface area contributed by atoms with Crippen LogP contribution in [-0.4, -0.2) is 21.6 Å². The van der Waals surface area contributed by atoms with Gasteiger partial charge in [-0.2, -0.15) is 5.10 Å². The van der Waals surface area contributed by atoms with Crippen LogP contribution in [0.25, 0.3) is 0 Å². The molecule has 0 radical (unpaired) electrons. The van der Waals surface area contributed by atoms with E-state index in [4.69, 9.17) is 5.73 Å². The maximum atomic E-state index is 12.2. The van der Waals surface area contributed by atoms with Gasteiger partial charge in [-0.05, 0) is 32.6 Å². The molecule has 0 aliphatic carbocycles. The molecule has 1 rings (SSSR count). The molecule has 102 valence electrons. The average Bonchev–Trinajstić information content (AvgIpc) is 2.40. The number of hydrogen-bond donors (Lipinski definition) is 3. The summed E-state index contributed by atoms with van der Waals surface area (Å²) in [6.07, 6.45) is 0.878. The topological polar surface area (TPSA) is 83.8 Å². The van der Waals surface area contributed by atoms with Gasteiger partial charge in [0.25, 0.3) is 5.91 Å². The van der Waals surface area contributed by atoms with E-state index in [1.165, 1.54) is 0 Å². The van der Waals surface area contributed by atoms with Crippen molar-refractivity contribution < 1.29 is 4.79 Å². The standard InChI is InChI=1S/C13H24N4O/c1-8-9(10(14)17-16-8)11(18)15-13(5,6)7-12(2,3)4/h7H2,1-6H3,(H,15,18)(H3,14,16,17). The number of rotatable bonds is 3. The second-order valence-electron chi connectivity index (χ2n) is 6.68. The fourth-order valence-corrected chi connectivity index (χ4v) is 2.47. The van der Waals surface area contributed by atoms with Gasteiger partial charge in [-0.25, -0.2) is 0 Å². The molecule has 0 saturated heterocycles. The molecule has 4 N–H and O–H groups in total. The lowest BCUT2D eigenvalue weighted by Gasteiger charge is -2.33. The van der Waals surface area contributed by atoms with Crippen LogP contribution in [0, 0.1) is 12.3 Å². The number of anilines is 1. The van der Waals surface area contributed by atoms with Crippen LogP contribution < -0.4 is 11.1 Å². The van der Waals surface area contributed by atoms with Crippen LogP contribution in [0.15, 0.2) is 0 Å². The van der Waals surface area contributed by atoms with Gasteiger partial charge in [0.2, 0.25) is 0 Å². The normalized spacial score (nSPS) is 12.6. The molecule has 5 heteroatoms. The van der Waals surface area contributed by atoms with Gasteiger partial charge in [0.05, 0.1) is 0 Å². The largest absolute Gasteiger partial charge is 0.382 e. The van der Waals surface area contributed by atoms with Gasteiger partial charge in [0, 0.05) is 11.2 Å². The molecule has 0 fully saturated rings. The van der Waals surface area contributed by atoms with Crippen LogP contribution in [-0.2, 0) is 0 Å². The summed E-state index contributed by atoms with van der Waals surface area (Å²) >= 11 is 0. The molecule has 18 heavy (non-hydrogen) atoms. The molecule has 0 aliphatic rings. The maximum absolute atomic E-state index is 12.2. The van der Waals surface area contributed by atoms with E-state index in [1.807, 2.05) is 13.8 Å². The Kier molecular flexibility index (Phi) is 3.74. The Balaban J connectivity index is 2.82. The number of carbonyl (C=O) groups is 1. The van der Waals surface area contributed by atoms with Crippen molar-refractivity contribution in [2.24, 2.45) is 5.41 Å². The first kappa shape index (κ1) is 14.5. The number of aromatic amines is 1. The molecular formula is C13H24N4O. The highest BCUT2D eigenvalue weighted by Crippen LogP contribution is 2.27. The number of aryl methyl sites for hydroxylation is 1. The van der Waals surface area contributed by atoms with Crippen molar-refractivity contribution in [1.82, 2.24) is 15.5 Å². The third-order valence-electron chi connectivity index (χ3n) is 2.63. The average molecular weight is 252 g/mol. The van der Waals surface area contributed by atoms with Crippen molar-refractivity contribution in [3.05, 3.63) is 11.3 Å². The first-order chi connectivity index (χ1) is 8.02. The molecule has 0 atom stereocenters. The van der Waals surface area contributed by atoms with Gasteiger partial charge >= 0.3 is 0 Å². The Hall–Kier alpha value is -1.52. The Morgan fingerprint density at radius 1 is 1.33 bits per heavy atom. The summed E-state index contributed by atoms with van der Waals surface area (Å²) < 4.78 is 0. The number of nitrogen functional groups attached to an aromatic ring is 1. The van der Waals surface area contributed by atoms with Gasteiger partial charge in [-0.15, -0.1) is 0 Å². The Morgan fingerprint density at radius 3 is 2.28 bits per heavy atom. The van der Waals surface area contributed by atoms with Crippen molar-refractivity contribution >= 4 is 11.7 Å². The number of H-pyrrole nitrogens is 1. The number of nitrogens with zero attached hydrogens (tertiary/aromatic N) is 1. The zero-order chi connectivity index (χ0) is 14.1. The summed E-state index contributed by atoms with van der Waals surface area (Å²) in [7, 11) is 0. The van der Waals surface area contributed by atoms with Crippen LogP contribution >= 0.6 is 0 Å². The second-order valence-corrected chi connectivity index (χ2v) is 6.68. The fourth-order valence-electron chi connectivity index (χ4n) is 2.47. The lowest BCUT2D eigenvalue weighted by atomic mass is 9.81. The Morgan fingerprint density at radius 2 is 1.89 bits per heavy atom. The van der Waals surface area contributed by atoms with Gasteiger partial charge < -0.3 is 11.1 Å². The zero-order valence-electron chi connectivity index (χ0n) is 12.1. The highest BCUT2D eigenvalue weighted by Gasteiger charge is 2.28. The molecule has 0 saturated carbocycles. The number of nitrogens with one attached hydrogen (secondary N) is 2. The third kappa shape index (κ3) is 3.75. The molecule has 1 amide bonds. The molecule has 0 unspecified atom stereocenters. The predicted octanol–water partition coefficient (Wildman–Crippen LogP) is 2.24. The summed E-state index contributed by atoms with van der Waals surface area (Å²) in [5.41, 5.74) is 6.68. The minimum atomic E-state index is -0.286. The third-order valence-corrected chi connectivity index (χ3v) is 2.63. The number of hydrogen-bond acceptors (Lipinski definition) is 3. The van der Waals surface area contributed by atoms with Gasteiger partial charge in [0.1, 0.15) is 5.56 Å². The molecule has 0 bridgehead atoms. The molecular weight excluding hydrogens is 228 g/mol.